The van der Waals surface area contributed by atoms with Crippen molar-refractivity contribution in [2.24, 2.45) is 5.92 Å². The molecule has 2 saturated heterocycles. The standard InChI is InChI=1S/C13H23N3O2/c1-15(2)13(18)11-6-4-8-16(11)12(17)10-5-3-7-14-9-10/h10-11,14H,3-9H2,1-2H3/t10-,11?/m1/s1. The van der Waals surface area contributed by atoms with E-state index in [9.17, 15) is 9.59 Å². The first-order valence-electron chi connectivity index (χ1n) is 6.83. The number of likely N-dealkylation sites (tertiary alicyclic amines) is 1. The van der Waals surface area contributed by atoms with Crippen LogP contribution in [-0.4, -0.2) is 61.4 Å². The quantitative estimate of drug-likeness (QED) is 0.757. The Bertz CT molecular complexity index is 324. The molecule has 0 aromatic carbocycles. The Kier molecular flexibility index (Phi) is 4.22. The van der Waals surface area contributed by atoms with Crippen molar-refractivity contribution >= 4 is 11.8 Å². The first kappa shape index (κ1) is 13.3. The van der Waals surface area contributed by atoms with Crippen LogP contribution in [0.5, 0.6) is 0 Å². The maximum Gasteiger partial charge on any atom is 0.244 e. The molecule has 2 heterocycles. The van der Waals surface area contributed by atoms with Gasteiger partial charge in [-0.2, -0.15) is 0 Å². The van der Waals surface area contributed by atoms with E-state index in [0.29, 0.717) is 0 Å². The third-order valence-electron chi connectivity index (χ3n) is 3.91. The molecule has 1 unspecified atom stereocenters. The van der Waals surface area contributed by atoms with Crippen molar-refractivity contribution < 1.29 is 9.59 Å². The van der Waals surface area contributed by atoms with Crippen molar-refractivity contribution in [3.63, 3.8) is 0 Å². The number of piperidine rings is 1. The summed E-state index contributed by atoms with van der Waals surface area (Å²) in [5.41, 5.74) is 0. The smallest absolute Gasteiger partial charge is 0.244 e. The summed E-state index contributed by atoms with van der Waals surface area (Å²) in [5, 5.41) is 3.26. The first-order valence-corrected chi connectivity index (χ1v) is 6.83. The summed E-state index contributed by atoms with van der Waals surface area (Å²) in [5.74, 6) is 0.291. The Labute approximate surface area is 108 Å². The van der Waals surface area contributed by atoms with E-state index in [2.05, 4.69) is 5.32 Å². The molecular weight excluding hydrogens is 230 g/mol. The number of hydrogen-bond donors (Lipinski definition) is 1. The van der Waals surface area contributed by atoms with Crippen LogP contribution in [0.4, 0.5) is 0 Å². The van der Waals surface area contributed by atoms with Gasteiger partial charge in [-0.15, -0.1) is 0 Å². The van der Waals surface area contributed by atoms with Gasteiger partial charge in [-0.25, -0.2) is 0 Å². The van der Waals surface area contributed by atoms with Crippen LogP contribution in [-0.2, 0) is 9.59 Å². The number of carbonyl (C=O) groups excluding carboxylic acids is 2. The Morgan fingerprint density at radius 3 is 2.61 bits per heavy atom. The lowest BCUT2D eigenvalue weighted by Crippen LogP contribution is -2.49. The van der Waals surface area contributed by atoms with Crippen LogP contribution < -0.4 is 5.32 Å². The van der Waals surface area contributed by atoms with Crippen molar-refractivity contribution in [1.29, 1.82) is 0 Å². The number of nitrogens with one attached hydrogen (secondary N) is 1. The minimum absolute atomic E-state index is 0.0598. The highest BCUT2D eigenvalue weighted by molar-refractivity contribution is 5.89. The van der Waals surface area contributed by atoms with Gasteiger partial charge in [0, 0.05) is 27.2 Å². The fraction of sp³-hybridized carbons (Fsp3) is 0.846. The number of likely N-dealkylation sites (N-methyl/N-ethyl adjacent to an activating group) is 1. The van der Waals surface area contributed by atoms with Gasteiger partial charge in [0.25, 0.3) is 0 Å². The molecule has 2 atom stereocenters. The molecule has 0 saturated carbocycles. The molecule has 2 fully saturated rings. The molecule has 0 bridgehead atoms. The molecule has 2 amide bonds. The first-order chi connectivity index (χ1) is 8.61. The van der Waals surface area contributed by atoms with Crippen molar-refractivity contribution in [2.45, 2.75) is 31.7 Å². The molecule has 0 aliphatic carbocycles. The molecule has 0 spiro atoms. The summed E-state index contributed by atoms with van der Waals surface area (Å²) in [6, 6.07) is -0.227. The zero-order chi connectivity index (χ0) is 13.1. The highest BCUT2D eigenvalue weighted by Crippen LogP contribution is 2.23. The minimum atomic E-state index is -0.227. The third kappa shape index (κ3) is 2.66. The average molecular weight is 253 g/mol. The van der Waals surface area contributed by atoms with Gasteiger partial charge >= 0.3 is 0 Å². The maximum absolute atomic E-state index is 12.5. The largest absolute Gasteiger partial charge is 0.347 e. The van der Waals surface area contributed by atoms with E-state index in [1.165, 1.54) is 0 Å². The fourth-order valence-corrected chi connectivity index (χ4v) is 2.88. The molecule has 0 aromatic rings. The topological polar surface area (TPSA) is 52.7 Å². The van der Waals surface area contributed by atoms with Crippen LogP contribution in [0.15, 0.2) is 0 Å². The summed E-state index contributed by atoms with van der Waals surface area (Å²) in [7, 11) is 3.51. The molecule has 2 aliphatic heterocycles. The SMILES string of the molecule is CN(C)C(=O)C1CCCN1C(=O)[C@@H]1CCCNC1. The van der Waals surface area contributed by atoms with Crippen LogP contribution in [0.2, 0.25) is 0 Å². The molecule has 0 aromatic heterocycles. The number of carbonyl (C=O) groups is 2. The van der Waals surface area contributed by atoms with Crippen molar-refractivity contribution in [2.75, 3.05) is 33.7 Å². The van der Waals surface area contributed by atoms with E-state index in [-0.39, 0.29) is 23.8 Å². The zero-order valence-corrected chi connectivity index (χ0v) is 11.3. The second-order valence-electron chi connectivity index (χ2n) is 5.47. The van der Waals surface area contributed by atoms with Crippen LogP contribution in [0, 0.1) is 5.92 Å². The van der Waals surface area contributed by atoms with Gasteiger partial charge in [-0.1, -0.05) is 0 Å². The lowest BCUT2D eigenvalue weighted by Gasteiger charge is -2.31. The summed E-state index contributed by atoms with van der Waals surface area (Å²) in [6.45, 7) is 2.50. The van der Waals surface area contributed by atoms with Gasteiger partial charge < -0.3 is 15.1 Å². The average Bonchev–Trinajstić information content (AvgIpc) is 2.87. The monoisotopic (exact) mass is 253 g/mol. The van der Waals surface area contributed by atoms with E-state index in [0.717, 1.165) is 45.3 Å². The number of nitrogens with zero attached hydrogens (tertiary/aromatic N) is 2. The van der Waals surface area contributed by atoms with E-state index in [1.54, 1.807) is 23.9 Å². The molecule has 2 rings (SSSR count). The van der Waals surface area contributed by atoms with Gasteiger partial charge in [0.2, 0.25) is 11.8 Å². The fourth-order valence-electron chi connectivity index (χ4n) is 2.88. The molecule has 2 aliphatic rings. The Balaban J connectivity index is 2.01. The van der Waals surface area contributed by atoms with E-state index < -0.39 is 0 Å². The molecule has 1 N–H and O–H groups in total. The lowest BCUT2D eigenvalue weighted by molar-refractivity contribution is -0.145. The molecule has 0 radical (unpaired) electrons. The van der Waals surface area contributed by atoms with E-state index in [1.807, 2.05) is 0 Å². The summed E-state index contributed by atoms with van der Waals surface area (Å²) < 4.78 is 0. The predicted octanol–water partition coefficient (Wildman–Crippen LogP) is 0.0652. The number of hydrogen-bond acceptors (Lipinski definition) is 3. The Hall–Kier alpha value is -1.10. The summed E-state index contributed by atoms with van der Waals surface area (Å²) in [4.78, 5) is 27.9. The van der Waals surface area contributed by atoms with Crippen LogP contribution >= 0.6 is 0 Å². The Morgan fingerprint density at radius 1 is 1.22 bits per heavy atom. The molecular formula is C13H23N3O2. The lowest BCUT2D eigenvalue weighted by atomic mass is 9.97. The van der Waals surface area contributed by atoms with Gasteiger partial charge in [0.15, 0.2) is 0 Å². The highest BCUT2D eigenvalue weighted by Gasteiger charge is 2.37. The number of rotatable bonds is 2. The predicted molar refractivity (Wildman–Crippen MR) is 69.0 cm³/mol. The van der Waals surface area contributed by atoms with Crippen LogP contribution in [0.25, 0.3) is 0 Å². The van der Waals surface area contributed by atoms with Crippen molar-refractivity contribution in [3.8, 4) is 0 Å². The second-order valence-corrected chi connectivity index (χ2v) is 5.47. The zero-order valence-electron chi connectivity index (χ0n) is 11.3. The molecule has 102 valence electrons. The van der Waals surface area contributed by atoms with Gasteiger partial charge in [-0.3, -0.25) is 9.59 Å². The molecule has 18 heavy (non-hydrogen) atoms. The van der Waals surface area contributed by atoms with Gasteiger partial charge in [0.05, 0.1) is 5.92 Å². The van der Waals surface area contributed by atoms with Crippen LogP contribution in [0.1, 0.15) is 25.7 Å². The van der Waals surface area contributed by atoms with E-state index in [4.69, 9.17) is 0 Å². The Morgan fingerprint density at radius 2 is 2.00 bits per heavy atom. The van der Waals surface area contributed by atoms with E-state index >= 15 is 0 Å². The third-order valence-corrected chi connectivity index (χ3v) is 3.91. The van der Waals surface area contributed by atoms with Crippen LogP contribution in [0.3, 0.4) is 0 Å². The minimum Gasteiger partial charge on any atom is -0.347 e. The summed E-state index contributed by atoms with van der Waals surface area (Å²) >= 11 is 0. The molecule has 5 nitrogen and oxygen atoms in total. The second kappa shape index (κ2) is 5.69. The molecule has 5 heteroatoms. The van der Waals surface area contributed by atoms with Crippen molar-refractivity contribution in [3.05, 3.63) is 0 Å². The highest BCUT2D eigenvalue weighted by atomic mass is 16.2. The maximum atomic E-state index is 12.5. The number of amides is 2. The normalized spacial score (nSPS) is 28.2. The van der Waals surface area contributed by atoms with Gasteiger partial charge in [-0.05, 0) is 32.2 Å². The summed E-state index contributed by atoms with van der Waals surface area (Å²) in [6.07, 6.45) is 3.75. The van der Waals surface area contributed by atoms with Gasteiger partial charge in [0.1, 0.15) is 6.04 Å². The van der Waals surface area contributed by atoms with Crippen molar-refractivity contribution in [1.82, 2.24) is 15.1 Å².